The van der Waals surface area contributed by atoms with Gasteiger partial charge in [-0.3, -0.25) is 9.59 Å². The van der Waals surface area contributed by atoms with Crippen LogP contribution < -0.4 is 0 Å². The first kappa shape index (κ1) is 13.9. The van der Waals surface area contributed by atoms with Crippen LogP contribution in [0, 0.1) is 0 Å². The average Bonchev–Trinajstić information content (AvgIpc) is 2.34. The highest BCUT2D eigenvalue weighted by Gasteiger charge is 2.08. The lowest BCUT2D eigenvalue weighted by atomic mass is 10.2. The van der Waals surface area contributed by atoms with E-state index in [0.717, 1.165) is 6.92 Å². The maximum Gasteiger partial charge on any atom is 0.338 e. The van der Waals surface area contributed by atoms with Gasteiger partial charge in [0, 0.05) is 13.3 Å². The quantitative estimate of drug-likeness (QED) is 0.452. The van der Waals surface area contributed by atoms with E-state index < -0.39 is 17.9 Å². The van der Waals surface area contributed by atoms with Crippen LogP contribution in [0.1, 0.15) is 30.1 Å². The largest absolute Gasteiger partial charge is 0.462 e. The third kappa shape index (κ3) is 5.25. The SMILES string of the molecule is CC(=O)OC(=O)CCCOC(=O)c1ccccc1. The summed E-state index contributed by atoms with van der Waals surface area (Å²) in [6.45, 7) is 1.27. The van der Waals surface area contributed by atoms with Crippen molar-refractivity contribution in [2.24, 2.45) is 0 Å². The van der Waals surface area contributed by atoms with Crippen LogP contribution >= 0.6 is 0 Å². The number of ether oxygens (including phenoxy) is 2. The van der Waals surface area contributed by atoms with Crippen molar-refractivity contribution in [1.29, 1.82) is 0 Å². The van der Waals surface area contributed by atoms with Crippen molar-refractivity contribution in [2.45, 2.75) is 19.8 Å². The number of carbonyl (C=O) groups is 3. The number of esters is 3. The Balaban J connectivity index is 2.21. The molecule has 5 nitrogen and oxygen atoms in total. The maximum atomic E-state index is 11.5. The molecule has 18 heavy (non-hydrogen) atoms. The van der Waals surface area contributed by atoms with Crippen molar-refractivity contribution in [1.82, 2.24) is 0 Å². The van der Waals surface area contributed by atoms with Gasteiger partial charge in [0.25, 0.3) is 0 Å². The van der Waals surface area contributed by atoms with E-state index in [1.165, 1.54) is 0 Å². The molecule has 0 bridgehead atoms. The van der Waals surface area contributed by atoms with Gasteiger partial charge in [0.1, 0.15) is 0 Å². The predicted octanol–water partition coefficient (Wildman–Crippen LogP) is 1.71. The molecule has 0 heterocycles. The van der Waals surface area contributed by atoms with E-state index in [1.54, 1.807) is 30.3 Å². The van der Waals surface area contributed by atoms with E-state index in [4.69, 9.17) is 4.74 Å². The zero-order valence-corrected chi connectivity index (χ0v) is 10.0. The summed E-state index contributed by atoms with van der Waals surface area (Å²) in [7, 11) is 0. The molecule has 0 radical (unpaired) electrons. The van der Waals surface area contributed by atoms with Crippen molar-refractivity contribution in [3.8, 4) is 0 Å². The maximum absolute atomic E-state index is 11.5. The molecule has 96 valence electrons. The molecule has 0 saturated carbocycles. The molecule has 0 amide bonds. The molecule has 5 heteroatoms. The molecular weight excluding hydrogens is 236 g/mol. The van der Waals surface area contributed by atoms with Gasteiger partial charge in [-0.05, 0) is 18.6 Å². The fraction of sp³-hybridized carbons (Fsp3) is 0.308. The van der Waals surface area contributed by atoms with Gasteiger partial charge in [-0.2, -0.15) is 0 Å². The standard InChI is InChI=1S/C13H14O5/c1-10(14)18-12(15)8-5-9-17-13(16)11-6-3-2-4-7-11/h2-4,6-7H,5,8-9H2,1H3. The number of carbonyl (C=O) groups excluding carboxylic acids is 3. The second-order valence-electron chi connectivity index (χ2n) is 3.57. The Morgan fingerprint density at radius 2 is 1.78 bits per heavy atom. The van der Waals surface area contributed by atoms with Gasteiger partial charge in [-0.1, -0.05) is 18.2 Å². The third-order valence-electron chi connectivity index (χ3n) is 2.03. The molecule has 0 N–H and O–H groups in total. The van der Waals surface area contributed by atoms with E-state index in [-0.39, 0.29) is 13.0 Å². The second-order valence-corrected chi connectivity index (χ2v) is 3.57. The first-order valence-corrected chi connectivity index (χ1v) is 5.53. The fourth-order valence-electron chi connectivity index (χ4n) is 1.25. The second kappa shape index (κ2) is 7.21. The van der Waals surface area contributed by atoms with Crippen molar-refractivity contribution in [3.63, 3.8) is 0 Å². The Morgan fingerprint density at radius 3 is 2.39 bits per heavy atom. The van der Waals surface area contributed by atoms with Crippen LogP contribution in [0.4, 0.5) is 0 Å². The van der Waals surface area contributed by atoms with Crippen molar-refractivity contribution < 1.29 is 23.9 Å². The lowest BCUT2D eigenvalue weighted by Gasteiger charge is -2.04. The van der Waals surface area contributed by atoms with E-state index in [2.05, 4.69) is 4.74 Å². The monoisotopic (exact) mass is 250 g/mol. The van der Waals surface area contributed by atoms with Gasteiger partial charge in [0.2, 0.25) is 0 Å². The highest BCUT2D eigenvalue weighted by molar-refractivity contribution is 5.89. The van der Waals surface area contributed by atoms with Crippen molar-refractivity contribution in [2.75, 3.05) is 6.61 Å². The molecule has 0 saturated heterocycles. The Hall–Kier alpha value is -2.17. The Kier molecular flexibility index (Phi) is 5.57. The van der Waals surface area contributed by atoms with Gasteiger partial charge in [-0.15, -0.1) is 0 Å². The third-order valence-corrected chi connectivity index (χ3v) is 2.03. The zero-order chi connectivity index (χ0) is 13.4. The van der Waals surface area contributed by atoms with Gasteiger partial charge in [0.15, 0.2) is 0 Å². The van der Waals surface area contributed by atoms with Crippen molar-refractivity contribution in [3.05, 3.63) is 35.9 Å². The van der Waals surface area contributed by atoms with Crippen LogP contribution in [0.2, 0.25) is 0 Å². The first-order chi connectivity index (χ1) is 8.59. The molecule has 1 aromatic carbocycles. The van der Waals surface area contributed by atoms with E-state index in [0.29, 0.717) is 12.0 Å². The minimum atomic E-state index is -0.638. The molecule has 1 aromatic rings. The highest BCUT2D eigenvalue weighted by atomic mass is 16.6. The minimum Gasteiger partial charge on any atom is -0.462 e. The highest BCUT2D eigenvalue weighted by Crippen LogP contribution is 2.02. The molecule has 0 fully saturated rings. The van der Waals surface area contributed by atoms with Crippen LogP contribution in [0.25, 0.3) is 0 Å². The molecule has 1 rings (SSSR count). The number of rotatable bonds is 5. The normalized spacial score (nSPS) is 9.61. The molecule has 0 atom stereocenters. The molecule has 0 aliphatic heterocycles. The first-order valence-electron chi connectivity index (χ1n) is 5.53. The predicted molar refractivity (Wildman–Crippen MR) is 62.7 cm³/mol. The summed E-state index contributed by atoms with van der Waals surface area (Å²) in [4.78, 5) is 32.9. The van der Waals surface area contributed by atoms with E-state index in [1.807, 2.05) is 0 Å². The lowest BCUT2D eigenvalue weighted by Crippen LogP contribution is -2.11. The summed E-state index contributed by atoms with van der Waals surface area (Å²) < 4.78 is 9.28. The molecule has 0 spiro atoms. The van der Waals surface area contributed by atoms with Gasteiger partial charge >= 0.3 is 17.9 Å². The molecule has 0 unspecified atom stereocenters. The summed E-state index contributed by atoms with van der Waals surface area (Å²) >= 11 is 0. The minimum absolute atomic E-state index is 0.0433. The van der Waals surface area contributed by atoms with Crippen LogP contribution in [-0.4, -0.2) is 24.5 Å². The number of hydrogen-bond donors (Lipinski definition) is 0. The van der Waals surface area contributed by atoms with E-state index in [9.17, 15) is 14.4 Å². The zero-order valence-electron chi connectivity index (χ0n) is 10.0. The molecular formula is C13H14O5. The van der Waals surface area contributed by atoms with Crippen LogP contribution in [0.3, 0.4) is 0 Å². The average molecular weight is 250 g/mol. The van der Waals surface area contributed by atoms with Gasteiger partial charge < -0.3 is 9.47 Å². The smallest absolute Gasteiger partial charge is 0.338 e. The topological polar surface area (TPSA) is 69.7 Å². The summed E-state index contributed by atoms with van der Waals surface area (Å²) in [6, 6.07) is 8.56. The summed E-state index contributed by atoms with van der Waals surface area (Å²) in [5.41, 5.74) is 0.462. The molecule has 0 aliphatic carbocycles. The van der Waals surface area contributed by atoms with Crippen LogP contribution in [-0.2, 0) is 19.1 Å². The van der Waals surface area contributed by atoms with Crippen LogP contribution in [0.5, 0.6) is 0 Å². The summed E-state index contributed by atoms with van der Waals surface area (Å²) in [6.07, 6.45) is 0.367. The lowest BCUT2D eigenvalue weighted by molar-refractivity contribution is -0.158. The molecule has 0 aromatic heterocycles. The van der Waals surface area contributed by atoms with E-state index >= 15 is 0 Å². The number of hydrogen-bond acceptors (Lipinski definition) is 5. The van der Waals surface area contributed by atoms with Crippen molar-refractivity contribution >= 4 is 17.9 Å². The summed E-state index contributed by atoms with van der Waals surface area (Å²) in [5.74, 6) is -1.69. The van der Waals surface area contributed by atoms with Gasteiger partial charge in [0.05, 0.1) is 12.2 Å². The van der Waals surface area contributed by atoms with Gasteiger partial charge in [-0.25, -0.2) is 4.79 Å². The summed E-state index contributed by atoms with van der Waals surface area (Å²) in [5, 5.41) is 0. The Morgan fingerprint density at radius 1 is 1.11 bits per heavy atom. The number of benzene rings is 1. The fourth-order valence-corrected chi connectivity index (χ4v) is 1.25. The molecule has 0 aliphatic rings. The van der Waals surface area contributed by atoms with Crippen LogP contribution in [0.15, 0.2) is 30.3 Å². The Bertz CT molecular complexity index is 424. The Labute approximate surface area is 105 Å².